The lowest BCUT2D eigenvalue weighted by atomic mass is 10.0. The Bertz CT molecular complexity index is 1500. The molecule has 0 aliphatic carbocycles. The van der Waals surface area contributed by atoms with Crippen molar-refractivity contribution < 1.29 is 52.2 Å². The molecular formula is C58H99O11P. The van der Waals surface area contributed by atoms with Crippen LogP contribution in [-0.2, 0) is 42.2 Å². The molecule has 0 amide bonds. The molecule has 0 rings (SSSR count). The highest BCUT2D eigenvalue weighted by Gasteiger charge is 2.28. The number of phosphoric ester groups is 1. The predicted molar refractivity (Wildman–Crippen MR) is 288 cm³/mol. The van der Waals surface area contributed by atoms with Crippen LogP contribution >= 0.6 is 7.82 Å². The minimum Gasteiger partial charge on any atom is -0.462 e. The van der Waals surface area contributed by atoms with E-state index in [9.17, 15) is 28.9 Å². The maximum absolute atomic E-state index is 12.9. The third-order valence-corrected chi connectivity index (χ3v) is 12.3. The first-order valence-electron chi connectivity index (χ1n) is 27.5. The van der Waals surface area contributed by atoms with Crippen molar-refractivity contribution in [3.63, 3.8) is 0 Å². The molecule has 0 aromatic carbocycles. The van der Waals surface area contributed by atoms with Crippen LogP contribution < -0.4 is 0 Å². The van der Waals surface area contributed by atoms with Gasteiger partial charge >= 0.3 is 25.7 Å². The Morgan fingerprint density at radius 2 is 0.786 bits per heavy atom. The van der Waals surface area contributed by atoms with E-state index in [0.29, 0.717) is 19.3 Å². The highest BCUT2D eigenvalue weighted by Crippen LogP contribution is 2.43. The van der Waals surface area contributed by atoms with Gasteiger partial charge in [0.1, 0.15) is 12.7 Å². The molecule has 12 heteroatoms. The normalized spacial score (nSPS) is 14.1. The zero-order valence-electron chi connectivity index (χ0n) is 44.2. The summed E-state index contributed by atoms with van der Waals surface area (Å²) in [4.78, 5) is 48.3. The largest absolute Gasteiger partial charge is 0.472 e. The summed E-state index contributed by atoms with van der Waals surface area (Å²) < 4.78 is 39.3. The molecule has 0 aromatic heterocycles. The third-order valence-electron chi connectivity index (χ3n) is 11.3. The second-order valence-corrected chi connectivity index (χ2v) is 19.5. The standard InChI is InChI=1S/C58H99O11P/c1-4-7-10-13-16-19-22-24-25-26-27-28-29-31-33-35-38-41-44-47-56(60)65-51-55(69-58(62)49-46-43-40-37-34-30-23-20-17-14-11-8-5-2)53-67-70(63,64)66-52-54(50-59)68-57(61)48-45-42-39-36-32-21-18-15-12-9-6-3/h7,10,15-16,18-19,24-25,27-28,31,33,38,41,54-55,59H,4-6,8-9,11-14,17,20-23,26,29-30,32,34-37,39-40,42-53H2,1-3H3,(H,63,64)/b10-7-,18-15-,19-16-,25-24-,28-27-,33-31-,41-38-. The van der Waals surface area contributed by atoms with Gasteiger partial charge < -0.3 is 24.2 Å². The highest BCUT2D eigenvalue weighted by molar-refractivity contribution is 7.47. The second-order valence-electron chi connectivity index (χ2n) is 18.0. The number of aliphatic hydroxyl groups excluding tert-OH is 1. The topological polar surface area (TPSA) is 155 Å². The maximum Gasteiger partial charge on any atom is 0.472 e. The zero-order chi connectivity index (χ0) is 51.3. The smallest absolute Gasteiger partial charge is 0.462 e. The van der Waals surface area contributed by atoms with Gasteiger partial charge in [0.25, 0.3) is 0 Å². The number of hydrogen-bond donors (Lipinski definition) is 2. The number of aliphatic hydroxyl groups is 1. The summed E-state index contributed by atoms with van der Waals surface area (Å²) in [5.41, 5.74) is 0. The van der Waals surface area contributed by atoms with Crippen LogP contribution in [0.1, 0.15) is 226 Å². The van der Waals surface area contributed by atoms with E-state index in [4.69, 9.17) is 23.3 Å². The molecule has 0 aromatic rings. The van der Waals surface area contributed by atoms with E-state index in [-0.39, 0.29) is 25.9 Å². The van der Waals surface area contributed by atoms with Gasteiger partial charge in [-0.3, -0.25) is 23.4 Å². The summed E-state index contributed by atoms with van der Waals surface area (Å²) in [7, 11) is -4.76. The van der Waals surface area contributed by atoms with Crippen LogP contribution in [0.4, 0.5) is 0 Å². The lowest BCUT2D eigenvalue weighted by Crippen LogP contribution is -2.30. The van der Waals surface area contributed by atoms with Gasteiger partial charge in [-0.2, -0.15) is 0 Å². The molecule has 2 N–H and O–H groups in total. The summed E-state index contributed by atoms with van der Waals surface area (Å²) in [6.45, 7) is 4.39. The maximum atomic E-state index is 12.9. The van der Waals surface area contributed by atoms with Crippen LogP contribution in [-0.4, -0.2) is 66.5 Å². The molecule has 0 aliphatic rings. The first kappa shape index (κ1) is 66.7. The van der Waals surface area contributed by atoms with E-state index in [2.05, 4.69) is 93.7 Å². The SMILES string of the molecule is CC/C=C\C/C=C\C/C=C\C/C=C\C/C=C\C/C=C\CCC(=O)OCC(COP(=O)(O)OCC(CO)OC(=O)CCCCCCC/C=C\CCCC)OC(=O)CCCCCCCCCCCCCCC. The van der Waals surface area contributed by atoms with Crippen molar-refractivity contribution in [2.75, 3.05) is 26.4 Å². The Labute approximate surface area is 426 Å². The Balaban J connectivity index is 4.83. The number of carbonyl (C=O) groups excluding carboxylic acids is 3. The number of allylic oxidation sites excluding steroid dienone is 14. The molecule has 0 bridgehead atoms. The first-order valence-corrected chi connectivity index (χ1v) is 29.0. The van der Waals surface area contributed by atoms with E-state index in [1.807, 2.05) is 12.2 Å². The van der Waals surface area contributed by atoms with E-state index in [0.717, 1.165) is 96.3 Å². The van der Waals surface area contributed by atoms with Crippen LogP contribution in [0, 0.1) is 0 Å². The summed E-state index contributed by atoms with van der Waals surface area (Å²) in [5.74, 6) is -1.58. The van der Waals surface area contributed by atoms with Crippen LogP contribution in [0.5, 0.6) is 0 Å². The van der Waals surface area contributed by atoms with Crippen molar-refractivity contribution in [2.45, 2.75) is 238 Å². The summed E-state index contributed by atoms with van der Waals surface area (Å²) in [5, 5.41) is 9.77. The molecule has 11 nitrogen and oxygen atoms in total. The van der Waals surface area contributed by atoms with Gasteiger partial charge in [-0.05, 0) is 77.0 Å². The van der Waals surface area contributed by atoms with Crippen molar-refractivity contribution in [2.24, 2.45) is 0 Å². The van der Waals surface area contributed by atoms with Gasteiger partial charge in [-0.15, -0.1) is 0 Å². The van der Waals surface area contributed by atoms with Crippen LogP contribution in [0.3, 0.4) is 0 Å². The van der Waals surface area contributed by atoms with Gasteiger partial charge in [0, 0.05) is 19.3 Å². The fraction of sp³-hybridized carbons (Fsp3) is 0.707. The van der Waals surface area contributed by atoms with Gasteiger partial charge in [0.05, 0.1) is 19.8 Å². The zero-order valence-corrected chi connectivity index (χ0v) is 45.1. The molecule has 0 saturated carbocycles. The number of unbranched alkanes of at least 4 members (excludes halogenated alkanes) is 19. The summed E-state index contributed by atoms with van der Waals surface area (Å²) in [6, 6.07) is 0. The van der Waals surface area contributed by atoms with Crippen LogP contribution in [0.2, 0.25) is 0 Å². The Hall–Kier alpha value is -3.34. The van der Waals surface area contributed by atoms with Gasteiger partial charge in [0.15, 0.2) is 6.10 Å². The Kier molecular flexibility index (Phi) is 49.5. The predicted octanol–water partition coefficient (Wildman–Crippen LogP) is 15.9. The highest BCUT2D eigenvalue weighted by atomic mass is 31.2. The number of carbonyl (C=O) groups is 3. The Morgan fingerprint density at radius 1 is 0.414 bits per heavy atom. The fourth-order valence-corrected chi connectivity index (χ4v) is 7.91. The molecule has 3 unspecified atom stereocenters. The lowest BCUT2D eigenvalue weighted by Gasteiger charge is -2.21. The number of phosphoric acid groups is 1. The van der Waals surface area contributed by atoms with Gasteiger partial charge in [0.2, 0.25) is 0 Å². The van der Waals surface area contributed by atoms with Gasteiger partial charge in [-0.1, -0.05) is 215 Å². The number of ether oxygens (including phenoxy) is 3. The van der Waals surface area contributed by atoms with Crippen molar-refractivity contribution >= 4 is 25.7 Å². The van der Waals surface area contributed by atoms with E-state index >= 15 is 0 Å². The average molecular weight is 1000 g/mol. The van der Waals surface area contributed by atoms with E-state index in [1.165, 1.54) is 70.6 Å². The van der Waals surface area contributed by atoms with E-state index < -0.39 is 57.8 Å². The molecule has 0 spiro atoms. The molecular weight excluding hydrogens is 904 g/mol. The van der Waals surface area contributed by atoms with Gasteiger partial charge in [-0.25, -0.2) is 4.57 Å². The summed E-state index contributed by atoms with van der Waals surface area (Å²) in [6.07, 6.45) is 58.5. The quantitative estimate of drug-likeness (QED) is 0.0197. The van der Waals surface area contributed by atoms with Crippen LogP contribution in [0.25, 0.3) is 0 Å². The third kappa shape index (κ3) is 49.6. The monoisotopic (exact) mass is 1000 g/mol. The number of hydrogen-bond acceptors (Lipinski definition) is 10. The molecule has 0 fully saturated rings. The number of esters is 3. The molecule has 0 radical (unpaired) electrons. The second kappa shape index (κ2) is 52.0. The minimum atomic E-state index is -4.76. The molecule has 402 valence electrons. The fourth-order valence-electron chi connectivity index (χ4n) is 7.13. The minimum absolute atomic E-state index is 0.0998. The molecule has 0 saturated heterocycles. The lowest BCUT2D eigenvalue weighted by molar-refractivity contribution is -0.161. The molecule has 0 heterocycles. The van der Waals surface area contributed by atoms with Crippen molar-refractivity contribution in [3.8, 4) is 0 Å². The summed E-state index contributed by atoms with van der Waals surface area (Å²) >= 11 is 0. The Morgan fingerprint density at radius 3 is 1.24 bits per heavy atom. The molecule has 0 aliphatic heterocycles. The first-order chi connectivity index (χ1) is 34.2. The van der Waals surface area contributed by atoms with Crippen molar-refractivity contribution in [3.05, 3.63) is 85.1 Å². The van der Waals surface area contributed by atoms with E-state index in [1.54, 1.807) is 0 Å². The van der Waals surface area contributed by atoms with Crippen molar-refractivity contribution in [1.29, 1.82) is 0 Å². The average Bonchev–Trinajstić information content (AvgIpc) is 3.35. The van der Waals surface area contributed by atoms with Crippen LogP contribution in [0.15, 0.2) is 85.1 Å². The molecule has 3 atom stereocenters. The number of rotatable bonds is 50. The van der Waals surface area contributed by atoms with Crippen molar-refractivity contribution in [1.82, 2.24) is 0 Å². The molecule has 70 heavy (non-hydrogen) atoms.